The average Bonchev–Trinajstić information content (AvgIpc) is 3.02. The molecule has 0 radical (unpaired) electrons. The lowest BCUT2D eigenvalue weighted by Gasteiger charge is -2.23. The predicted molar refractivity (Wildman–Crippen MR) is 91.5 cm³/mol. The van der Waals surface area contributed by atoms with E-state index in [2.05, 4.69) is 0 Å². The molecular formula is C18H34O7. The summed E-state index contributed by atoms with van der Waals surface area (Å²) in [6.45, 7) is 14.5. The standard InChI is InChI=1S/C18H34O7/c1-13(2)20-9-14(21-10-16-12-23-18(5,6)25-16)7-19-8-15-11-22-17(3,4)24-15/h13-16H,7-12H2,1-6H3. The highest BCUT2D eigenvalue weighted by Gasteiger charge is 2.34. The minimum Gasteiger partial charge on any atom is -0.376 e. The van der Waals surface area contributed by atoms with Gasteiger partial charge in [-0.2, -0.15) is 0 Å². The Morgan fingerprint density at radius 2 is 1.40 bits per heavy atom. The molecule has 0 aromatic rings. The largest absolute Gasteiger partial charge is 0.376 e. The highest BCUT2D eigenvalue weighted by Crippen LogP contribution is 2.23. The van der Waals surface area contributed by atoms with Crippen LogP contribution in [-0.2, 0) is 33.2 Å². The van der Waals surface area contributed by atoms with Crippen molar-refractivity contribution >= 4 is 0 Å². The molecule has 2 rings (SSSR count). The van der Waals surface area contributed by atoms with Gasteiger partial charge in [0.05, 0.1) is 45.7 Å². The number of ether oxygens (including phenoxy) is 7. The summed E-state index contributed by atoms with van der Waals surface area (Å²) in [5, 5.41) is 0. The van der Waals surface area contributed by atoms with E-state index >= 15 is 0 Å². The van der Waals surface area contributed by atoms with Crippen LogP contribution in [0.4, 0.5) is 0 Å². The molecule has 2 aliphatic heterocycles. The first-order valence-corrected chi connectivity index (χ1v) is 9.10. The molecule has 2 saturated heterocycles. The number of rotatable bonds is 10. The molecule has 0 aromatic carbocycles. The third-order valence-electron chi connectivity index (χ3n) is 3.88. The van der Waals surface area contributed by atoms with E-state index in [1.807, 2.05) is 41.5 Å². The second-order valence-corrected chi connectivity index (χ2v) is 7.78. The van der Waals surface area contributed by atoms with Gasteiger partial charge in [0.2, 0.25) is 0 Å². The summed E-state index contributed by atoms with van der Waals surface area (Å²) in [5.41, 5.74) is 0. The third-order valence-corrected chi connectivity index (χ3v) is 3.88. The van der Waals surface area contributed by atoms with Gasteiger partial charge in [0.1, 0.15) is 18.3 Å². The molecule has 3 unspecified atom stereocenters. The van der Waals surface area contributed by atoms with E-state index in [4.69, 9.17) is 33.2 Å². The van der Waals surface area contributed by atoms with E-state index in [0.717, 1.165) is 0 Å². The van der Waals surface area contributed by atoms with Crippen molar-refractivity contribution in [2.45, 2.75) is 77.5 Å². The van der Waals surface area contributed by atoms with Crippen LogP contribution in [0.2, 0.25) is 0 Å². The minimum absolute atomic E-state index is 0.0472. The summed E-state index contributed by atoms with van der Waals surface area (Å²) in [7, 11) is 0. The number of hydrogen-bond acceptors (Lipinski definition) is 7. The van der Waals surface area contributed by atoms with Gasteiger partial charge in [-0.15, -0.1) is 0 Å². The fourth-order valence-electron chi connectivity index (χ4n) is 2.71. The molecule has 25 heavy (non-hydrogen) atoms. The van der Waals surface area contributed by atoms with Gasteiger partial charge < -0.3 is 33.2 Å². The molecule has 0 N–H and O–H groups in total. The zero-order chi connectivity index (χ0) is 18.5. The molecule has 2 heterocycles. The fourth-order valence-corrected chi connectivity index (χ4v) is 2.71. The maximum Gasteiger partial charge on any atom is 0.163 e. The van der Waals surface area contributed by atoms with Crippen molar-refractivity contribution in [1.82, 2.24) is 0 Å². The van der Waals surface area contributed by atoms with Gasteiger partial charge in [-0.1, -0.05) is 0 Å². The van der Waals surface area contributed by atoms with Crippen molar-refractivity contribution < 1.29 is 33.2 Å². The first-order chi connectivity index (χ1) is 11.7. The Morgan fingerprint density at radius 3 is 1.88 bits per heavy atom. The average molecular weight is 362 g/mol. The highest BCUT2D eigenvalue weighted by molar-refractivity contribution is 4.72. The van der Waals surface area contributed by atoms with Crippen LogP contribution in [0.3, 0.4) is 0 Å². The van der Waals surface area contributed by atoms with Gasteiger partial charge in [0.25, 0.3) is 0 Å². The molecule has 148 valence electrons. The Labute approximate surface area is 151 Å². The molecule has 0 bridgehead atoms. The van der Waals surface area contributed by atoms with E-state index in [-0.39, 0.29) is 24.4 Å². The van der Waals surface area contributed by atoms with E-state index in [1.165, 1.54) is 0 Å². The lowest BCUT2D eigenvalue weighted by molar-refractivity contribution is -0.158. The normalized spacial score (nSPS) is 29.4. The summed E-state index contributed by atoms with van der Waals surface area (Å²) in [4.78, 5) is 0. The maximum absolute atomic E-state index is 5.95. The van der Waals surface area contributed by atoms with Gasteiger partial charge in [-0.3, -0.25) is 0 Å². The molecule has 0 amide bonds. The summed E-state index contributed by atoms with van der Waals surface area (Å²) < 4.78 is 40.0. The van der Waals surface area contributed by atoms with E-state index < -0.39 is 11.6 Å². The summed E-state index contributed by atoms with van der Waals surface area (Å²) in [6.07, 6.45) is -0.133. The Balaban J connectivity index is 1.70. The smallest absolute Gasteiger partial charge is 0.163 e. The molecule has 7 nitrogen and oxygen atoms in total. The van der Waals surface area contributed by atoms with Crippen LogP contribution in [-0.4, -0.2) is 75.6 Å². The van der Waals surface area contributed by atoms with Crippen molar-refractivity contribution in [3.8, 4) is 0 Å². The van der Waals surface area contributed by atoms with Crippen LogP contribution in [0.1, 0.15) is 41.5 Å². The first kappa shape index (κ1) is 21.0. The Bertz CT molecular complexity index is 397. The maximum atomic E-state index is 5.95. The number of hydrogen-bond donors (Lipinski definition) is 0. The Kier molecular flexibility index (Phi) is 7.64. The Hall–Kier alpha value is -0.280. The zero-order valence-electron chi connectivity index (χ0n) is 16.4. The molecule has 0 aliphatic carbocycles. The van der Waals surface area contributed by atoms with Crippen molar-refractivity contribution in [2.24, 2.45) is 0 Å². The van der Waals surface area contributed by atoms with Crippen molar-refractivity contribution in [3.63, 3.8) is 0 Å². The molecule has 0 aromatic heterocycles. The summed E-state index contributed by atoms with van der Waals surface area (Å²) in [5.74, 6) is -1.07. The van der Waals surface area contributed by atoms with Gasteiger partial charge in [-0.25, -0.2) is 0 Å². The molecule has 3 atom stereocenters. The molecule has 0 spiro atoms. The zero-order valence-corrected chi connectivity index (χ0v) is 16.4. The summed E-state index contributed by atoms with van der Waals surface area (Å²) in [6, 6.07) is 0. The topological polar surface area (TPSA) is 64.6 Å². The third kappa shape index (κ3) is 7.86. The Morgan fingerprint density at radius 1 is 0.840 bits per heavy atom. The van der Waals surface area contributed by atoms with E-state index in [1.54, 1.807) is 0 Å². The van der Waals surface area contributed by atoms with Gasteiger partial charge in [0.15, 0.2) is 11.6 Å². The predicted octanol–water partition coefficient (Wildman–Crippen LogP) is 2.12. The van der Waals surface area contributed by atoms with Crippen molar-refractivity contribution in [2.75, 3.05) is 39.6 Å². The monoisotopic (exact) mass is 362 g/mol. The van der Waals surface area contributed by atoms with Crippen LogP contribution in [0.15, 0.2) is 0 Å². The van der Waals surface area contributed by atoms with Gasteiger partial charge >= 0.3 is 0 Å². The lowest BCUT2D eigenvalue weighted by Crippen LogP contribution is -2.33. The van der Waals surface area contributed by atoms with Gasteiger partial charge in [-0.05, 0) is 41.5 Å². The second-order valence-electron chi connectivity index (χ2n) is 7.78. The highest BCUT2D eigenvalue weighted by atomic mass is 16.8. The van der Waals surface area contributed by atoms with Crippen molar-refractivity contribution in [1.29, 1.82) is 0 Å². The molecular weight excluding hydrogens is 328 g/mol. The van der Waals surface area contributed by atoms with Crippen LogP contribution < -0.4 is 0 Å². The quantitative estimate of drug-likeness (QED) is 0.590. The summed E-state index contributed by atoms with van der Waals surface area (Å²) >= 11 is 0. The van der Waals surface area contributed by atoms with Gasteiger partial charge in [0, 0.05) is 0 Å². The van der Waals surface area contributed by atoms with Crippen LogP contribution in [0, 0.1) is 0 Å². The van der Waals surface area contributed by atoms with Crippen LogP contribution in [0.25, 0.3) is 0 Å². The van der Waals surface area contributed by atoms with Crippen LogP contribution >= 0.6 is 0 Å². The van der Waals surface area contributed by atoms with E-state index in [0.29, 0.717) is 39.6 Å². The second kappa shape index (κ2) is 9.08. The van der Waals surface area contributed by atoms with E-state index in [9.17, 15) is 0 Å². The van der Waals surface area contributed by atoms with Crippen LogP contribution in [0.5, 0.6) is 0 Å². The van der Waals surface area contributed by atoms with Crippen molar-refractivity contribution in [3.05, 3.63) is 0 Å². The SMILES string of the molecule is CC(C)OCC(COCC1COC(C)(C)O1)OCC1COC(C)(C)O1. The molecule has 0 saturated carbocycles. The first-order valence-electron chi connectivity index (χ1n) is 9.10. The fraction of sp³-hybridized carbons (Fsp3) is 1.00. The lowest BCUT2D eigenvalue weighted by atomic mass is 10.3. The minimum atomic E-state index is -0.541. The molecule has 7 heteroatoms. The molecule has 2 aliphatic rings. The molecule has 2 fully saturated rings.